The number of H-pyrrole nitrogens is 2. The molecule has 154 valence electrons. The Bertz CT molecular complexity index is 1510. The summed E-state index contributed by atoms with van der Waals surface area (Å²) in [4.78, 5) is 16.5. The molecule has 32 heavy (non-hydrogen) atoms. The number of ether oxygens (including phenoxy) is 1. The molecule has 6 aromatic rings. The molecule has 6 rings (SSSR count). The minimum atomic E-state index is 0.799. The standard InChI is InChI=1S/C27H20N4O/c1-32-25-15-14-17(26-28-21-10-4-5-11-22(21)29-26)16-20(25)18-8-2-3-9-19(18)27-30-23-12-6-7-13-24(23)31-27/h2-16H,1H3,(H,28,29)(H,30,31). The first-order valence-electron chi connectivity index (χ1n) is 10.5. The van der Waals surface area contributed by atoms with E-state index in [1.165, 1.54) is 0 Å². The lowest BCUT2D eigenvalue weighted by Crippen LogP contribution is -1.93. The summed E-state index contributed by atoms with van der Waals surface area (Å²) in [6.45, 7) is 0. The quantitative estimate of drug-likeness (QED) is 0.347. The van der Waals surface area contributed by atoms with Gasteiger partial charge in [-0.2, -0.15) is 0 Å². The van der Waals surface area contributed by atoms with Crippen LogP contribution in [0.1, 0.15) is 0 Å². The number of methoxy groups -OCH3 is 1. The first-order valence-corrected chi connectivity index (χ1v) is 10.5. The van der Waals surface area contributed by atoms with Crippen LogP contribution in [0, 0.1) is 0 Å². The van der Waals surface area contributed by atoms with Crippen LogP contribution in [0.25, 0.3) is 56.0 Å². The Morgan fingerprint density at radius 1 is 0.594 bits per heavy atom. The highest BCUT2D eigenvalue weighted by atomic mass is 16.5. The number of benzene rings is 4. The summed E-state index contributed by atoms with van der Waals surface area (Å²) in [6, 6.07) is 30.5. The highest BCUT2D eigenvalue weighted by Crippen LogP contribution is 2.39. The summed E-state index contributed by atoms with van der Waals surface area (Å²) < 4.78 is 5.74. The van der Waals surface area contributed by atoms with Crippen LogP contribution in [0.15, 0.2) is 91.0 Å². The Balaban J connectivity index is 1.53. The molecule has 0 aliphatic rings. The van der Waals surface area contributed by atoms with Crippen molar-refractivity contribution >= 4 is 22.1 Å². The molecule has 0 atom stereocenters. The molecule has 2 heterocycles. The fraction of sp³-hybridized carbons (Fsp3) is 0.0370. The number of nitrogens with zero attached hydrogens (tertiary/aromatic N) is 2. The van der Waals surface area contributed by atoms with Gasteiger partial charge in [0.05, 0.1) is 29.2 Å². The van der Waals surface area contributed by atoms with Crippen molar-refractivity contribution in [2.75, 3.05) is 7.11 Å². The van der Waals surface area contributed by atoms with E-state index in [-0.39, 0.29) is 0 Å². The maximum absolute atomic E-state index is 5.74. The number of hydrogen-bond acceptors (Lipinski definition) is 3. The SMILES string of the molecule is COc1ccc(-c2nc3ccccc3[nH]2)cc1-c1ccccc1-c1nc2ccccc2[nH]1. The lowest BCUT2D eigenvalue weighted by atomic mass is 9.96. The molecular weight excluding hydrogens is 396 g/mol. The number of rotatable bonds is 4. The second-order valence-corrected chi connectivity index (χ2v) is 7.67. The first-order chi connectivity index (χ1) is 15.8. The van der Waals surface area contributed by atoms with E-state index in [9.17, 15) is 0 Å². The van der Waals surface area contributed by atoms with Crippen molar-refractivity contribution in [3.8, 4) is 39.7 Å². The third kappa shape index (κ3) is 3.03. The monoisotopic (exact) mass is 416 g/mol. The van der Waals surface area contributed by atoms with Crippen LogP contribution < -0.4 is 4.74 Å². The molecule has 0 amide bonds. The lowest BCUT2D eigenvalue weighted by Gasteiger charge is -2.13. The summed E-state index contributed by atoms with van der Waals surface area (Å²) in [6.07, 6.45) is 0. The minimum Gasteiger partial charge on any atom is -0.496 e. The van der Waals surface area contributed by atoms with Gasteiger partial charge in [0.2, 0.25) is 0 Å². The van der Waals surface area contributed by atoms with E-state index in [1.807, 2.05) is 72.8 Å². The van der Waals surface area contributed by atoms with Gasteiger partial charge >= 0.3 is 0 Å². The van der Waals surface area contributed by atoms with Crippen molar-refractivity contribution in [2.45, 2.75) is 0 Å². The molecule has 4 aromatic carbocycles. The van der Waals surface area contributed by atoms with Crippen LogP contribution in [0.5, 0.6) is 5.75 Å². The van der Waals surface area contributed by atoms with E-state index < -0.39 is 0 Å². The van der Waals surface area contributed by atoms with E-state index >= 15 is 0 Å². The van der Waals surface area contributed by atoms with Crippen LogP contribution in [0.2, 0.25) is 0 Å². The molecule has 0 spiro atoms. The zero-order valence-electron chi connectivity index (χ0n) is 17.5. The first kappa shape index (κ1) is 18.4. The van der Waals surface area contributed by atoms with Gasteiger partial charge < -0.3 is 14.7 Å². The van der Waals surface area contributed by atoms with Gasteiger partial charge in [-0.05, 0) is 48.0 Å². The van der Waals surface area contributed by atoms with Gasteiger partial charge in [-0.15, -0.1) is 0 Å². The maximum Gasteiger partial charge on any atom is 0.139 e. The van der Waals surface area contributed by atoms with Gasteiger partial charge in [0, 0.05) is 16.7 Å². The number of imidazole rings is 2. The van der Waals surface area contributed by atoms with Crippen molar-refractivity contribution in [3.63, 3.8) is 0 Å². The zero-order chi connectivity index (χ0) is 21.5. The zero-order valence-corrected chi connectivity index (χ0v) is 17.5. The molecule has 0 fully saturated rings. The molecule has 0 radical (unpaired) electrons. The third-order valence-electron chi connectivity index (χ3n) is 5.72. The second-order valence-electron chi connectivity index (χ2n) is 7.67. The predicted octanol–water partition coefficient (Wildman–Crippen LogP) is 6.45. The second kappa shape index (κ2) is 7.39. The van der Waals surface area contributed by atoms with E-state index in [0.717, 1.165) is 61.7 Å². The molecule has 0 bridgehead atoms. The lowest BCUT2D eigenvalue weighted by molar-refractivity contribution is 0.416. The van der Waals surface area contributed by atoms with Gasteiger partial charge in [0.15, 0.2) is 0 Å². The maximum atomic E-state index is 5.74. The Hall–Kier alpha value is -4.38. The van der Waals surface area contributed by atoms with Crippen LogP contribution in [0.4, 0.5) is 0 Å². The van der Waals surface area contributed by atoms with E-state index in [2.05, 4.69) is 28.2 Å². The molecule has 5 nitrogen and oxygen atoms in total. The molecular formula is C27H20N4O. The van der Waals surface area contributed by atoms with Gasteiger partial charge in [-0.1, -0.05) is 48.5 Å². The van der Waals surface area contributed by atoms with Gasteiger partial charge in [0.1, 0.15) is 17.4 Å². The molecule has 0 saturated heterocycles. The highest BCUT2D eigenvalue weighted by molar-refractivity contribution is 5.89. The number of para-hydroxylation sites is 4. The third-order valence-corrected chi connectivity index (χ3v) is 5.72. The Kier molecular flexibility index (Phi) is 4.25. The molecule has 2 N–H and O–H groups in total. The Labute approximate surface area is 184 Å². The van der Waals surface area contributed by atoms with Crippen LogP contribution >= 0.6 is 0 Å². The molecule has 0 saturated carbocycles. The van der Waals surface area contributed by atoms with Gasteiger partial charge in [-0.25, -0.2) is 9.97 Å². The number of aromatic nitrogens is 4. The molecule has 5 heteroatoms. The normalized spacial score (nSPS) is 11.3. The molecule has 0 aliphatic carbocycles. The number of aromatic amines is 2. The fourth-order valence-electron chi connectivity index (χ4n) is 4.16. The van der Waals surface area contributed by atoms with Crippen molar-refractivity contribution < 1.29 is 4.74 Å². The average Bonchev–Trinajstić information content (AvgIpc) is 3.48. The highest BCUT2D eigenvalue weighted by Gasteiger charge is 2.16. The van der Waals surface area contributed by atoms with Crippen LogP contribution in [-0.4, -0.2) is 27.0 Å². The Morgan fingerprint density at radius 2 is 1.19 bits per heavy atom. The van der Waals surface area contributed by atoms with Crippen molar-refractivity contribution in [1.29, 1.82) is 0 Å². The minimum absolute atomic E-state index is 0.799. The van der Waals surface area contributed by atoms with E-state index in [1.54, 1.807) is 7.11 Å². The summed E-state index contributed by atoms with van der Waals surface area (Å²) in [5, 5.41) is 0. The summed E-state index contributed by atoms with van der Waals surface area (Å²) in [7, 11) is 1.70. The largest absolute Gasteiger partial charge is 0.496 e. The molecule has 2 aromatic heterocycles. The topological polar surface area (TPSA) is 66.6 Å². The summed E-state index contributed by atoms with van der Waals surface area (Å²) in [5.41, 5.74) is 7.97. The molecule has 0 aliphatic heterocycles. The van der Waals surface area contributed by atoms with Crippen molar-refractivity contribution in [1.82, 2.24) is 19.9 Å². The number of nitrogens with one attached hydrogen (secondary N) is 2. The smallest absolute Gasteiger partial charge is 0.139 e. The van der Waals surface area contributed by atoms with Crippen LogP contribution in [0.3, 0.4) is 0 Å². The van der Waals surface area contributed by atoms with Gasteiger partial charge in [0.25, 0.3) is 0 Å². The van der Waals surface area contributed by atoms with Gasteiger partial charge in [-0.3, -0.25) is 0 Å². The fourth-order valence-corrected chi connectivity index (χ4v) is 4.16. The average molecular weight is 416 g/mol. The number of fused-ring (bicyclic) bond motifs is 2. The Morgan fingerprint density at radius 3 is 1.88 bits per heavy atom. The number of hydrogen-bond donors (Lipinski definition) is 2. The molecule has 0 unspecified atom stereocenters. The van der Waals surface area contributed by atoms with Crippen molar-refractivity contribution in [3.05, 3.63) is 91.0 Å². The van der Waals surface area contributed by atoms with Crippen LogP contribution in [-0.2, 0) is 0 Å². The summed E-state index contributed by atoms with van der Waals surface area (Å²) in [5.74, 6) is 2.46. The predicted molar refractivity (Wildman–Crippen MR) is 129 cm³/mol. The van der Waals surface area contributed by atoms with E-state index in [0.29, 0.717) is 0 Å². The summed E-state index contributed by atoms with van der Waals surface area (Å²) >= 11 is 0. The van der Waals surface area contributed by atoms with E-state index in [4.69, 9.17) is 14.7 Å². The van der Waals surface area contributed by atoms with Crippen molar-refractivity contribution in [2.24, 2.45) is 0 Å².